The largest absolute Gasteiger partial charge is 0.336 e. The van der Waals surface area contributed by atoms with Gasteiger partial charge in [-0.1, -0.05) is 24.3 Å². The van der Waals surface area contributed by atoms with Gasteiger partial charge in [0.1, 0.15) is 0 Å². The van der Waals surface area contributed by atoms with Gasteiger partial charge in [0.15, 0.2) is 0 Å². The number of aryl methyl sites for hydroxylation is 2. The zero-order chi connectivity index (χ0) is 19.8. The van der Waals surface area contributed by atoms with E-state index in [9.17, 15) is 9.59 Å². The lowest BCUT2D eigenvalue weighted by Gasteiger charge is -2.35. The van der Waals surface area contributed by atoms with E-state index in [2.05, 4.69) is 23.1 Å². The minimum Gasteiger partial charge on any atom is -0.336 e. The molecule has 0 spiro atoms. The summed E-state index contributed by atoms with van der Waals surface area (Å²) >= 11 is 0. The van der Waals surface area contributed by atoms with Crippen LogP contribution in [0.4, 0.5) is 5.69 Å². The van der Waals surface area contributed by atoms with Crippen LogP contribution < -0.4 is 4.90 Å². The number of para-hydroxylation sites is 1. The Labute approximate surface area is 171 Å². The molecular formula is C24H27N3O2. The smallest absolute Gasteiger partial charge is 0.253 e. The number of carbonyl (C=O) groups is 2. The molecule has 5 rings (SSSR count). The highest BCUT2D eigenvalue weighted by Crippen LogP contribution is 2.27. The van der Waals surface area contributed by atoms with E-state index < -0.39 is 0 Å². The molecule has 1 fully saturated rings. The number of carbonyl (C=O) groups excluding carboxylic acids is 2. The van der Waals surface area contributed by atoms with Gasteiger partial charge in [0.25, 0.3) is 5.91 Å². The molecule has 0 saturated carbocycles. The summed E-state index contributed by atoms with van der Waals surface area (Å²) in [5, 5.41) is 0. The molecule has 0 N–H and O–H groups in total. The fourth-order valence-corrected chi connectivity index (χ4v) is 4.87. The lowest BCUT2D eigenvalue weighted by molar-refractivity contribution is -0.120. The van der Waals surface area contributed by atoms with Crippen molar-refractivity contribution in [2.24, 2.45) is 0 Å². The summed E-state index contributed by atoms with van der Waals surface area (Å²) in [4.78, 5) is 31.8. The highest BCUT2D eigenvalue weighted by Gasteiger charge is 2.28. The fourth-order valence-electron chi connectivity index (χ4n) is 4.87. The molecular weight excluding hydrogens is 362 g/mol. The Morgan fingerprint density at radius 2 is 1.59 bits per heavy atom. The number of nitrogens with zero attached hydrogens (tertiary/aromatic N) is 3. The van der Waals surface area contributed by atoms with E-state index in [-0.39, 0.29) is 11.8 Å². The lowest BCUT2D eigenvalue weighted by atomic mass is 10.1. The second kappa shape index (κ2) is 7.64. The minimum atomic E-state index is 0.124. The molecule has 29 heavy (non-hydrogen) atoms. The predicted molar refractivity (Wildman–Crippen MR) is 113 cm³/mol. The molecule has 1 aliphatic carbocycles. The molecule has 2 aliphatic heterocycles. The predicted octanol–water partition coefficient (Wildman–Crippen LogP) is 2.52. The summed E-state index contributed by atoms with van der Waals surface area (Å²) in [5.41, 5.74) is 5.86. The van der Waals surface area contributed by atoms with Crippen molar-refractivity contribution < 1.29 is 9.59 Å². The average Bonchev–Trinajstić information content (AvgIpc) is 3.40. The maximum absolute atomic E-state index is 12.9. The van der Waals surface area contributed by atoms with Crippen molar-refractivity contribution in [2.45, 2.75) is 25.7 Å². The van der Waals surface area contributed by atoms with Gasteiger partial charge >= 0.3 is 0 Å². The van der Waals surface area contributed by atoms with Gasteiger partial charge in [0.05, 0.1) is 6.54 Å². The molecule has 2 aromatic carbocycles. The quantitative estimate of drug-likeness (QED) is 0.810. The van der Waals surface area contributed by atoms with Crippen LogP contribution in [0, 0.1) is 0 Å². The molecule has 2 aromatic rings. The van der Waals surface area contributed by atoms with Crippen LogP contribution in [0.25, 0.3) is 0 Å². The maximum Gasteiger partial charge on any atom is 0.253 e. The van der Waals surface area contributed by atoms with E-state index in [1.807, 2.05) is 34.1 Å². The Hall–Kier alpha value is -2.66. The van der Waals surface area contributed by atoms with E-state index in [1.165, 1.54) is 23.1 Å². The van der Waals surface area contributed by atoms with Crippen LogP contribution in [0.15, 0.2) is 42.5 Å². The van der Waals surface area contributed by atoms with Gasteiger partial charge in [-0.2, -0.15) is 0 Å². The first-order valence-corrected chi connectivity index (χ1v) is 10.7. The first-order valence-electron chi connectivity index (χ1n) is 10.7. The summed E-state index contributed by atoms with van der Waals surface area (Å²) in [6.45, 7) is 4.06. The van der Waals surface area contributed by atoms with Crippen LogP contribution in [0.1, 0.15) is 33.5 Å². The van der Waals surface area contributed by atoms with Gasteiger partial charge in [-0.15, -0.1) is 0 Å². The number of anilines is 1. The standard InChI is InChI=1S/C24H27N3O2/c28-23(27-11-10-19-4-1-2-7-22(19)27)17-25-12-14-26(15-13-25)24(29)21-9-8-18-5-3-6-20(18)16-21/h1-2,4,7-9,16H,3,5-6,10-15,17H2. The van der Waals surface area contributed by atoms with Gasteiger partial charge in [-0.05, 0) is 60.6 Å². The Balaban J connectivity index is 1.17. The molecule has 3 aliphatic rings. The van der Waals surface area contributed by atoms with Crippen molar-refractivity contribution in [3.05, 3.63) is 64.7 Å². The number of hydrogen-bond donors (Lipinski definition) is 0. The van der Waals surface area contributed by atoms with Crippen LogP contribution in [-0.2, 0) is 24.1 Å². The third-order valence-electron chi connectivity index (χ3n) is 6.55. The summed E-state index contributed by atoms with van der Waals surface area (Å²) < 4.78 is 0. The van der Waals surface area contributed by atoms with Crippen LogP contribution in [0.2, 0.25) is 0 Å². The third-order valence-corrected chi connectivity index (χ3v) is 6.55. The van der Waals surface area contributed by atoms with Gasteiger partial charge in [0.2, 0.25) is 5.91 Å². The zero-order valence-corrected chi connectivity index (χ0v) is 16.8. The fraction of sp³-hybridized carbons (Fsp3) is 0.417. The molecule has 5 heteroatoms. The van der Waals surface area contributed by atoms with E-state index in [0.717, 1.165) is 50.1 Å². The number of benzene rings is 2. The van der Waals surface area contributed by atoms with Gasteiger partial charge < -0.3 is 9.80 Å². The van der Waals surface area contributed by atoms with Gasteiger partial charge in [-0.25, -0.2) is 0 Å². The third kappa shape index (κ3) is 3.55. The van der Waals surface area contributed by atoms with Crippen molar-refractivity contribution in [3.63, 3.8) is 0 Å². The molecule has 1 saturated heterocycles. The lowest BCUT2D eigenvalue weighted by Crippen LogP contribution is -2.51. The number of rotatable bonds is 3. The average molecular weight is 389 g/mol. The SMILES string of the molecule is O=C(c1ccc2c(c1)CCC2)N1CCN(CC(=O)N2CCc3ccccc32)CC1. The summed E-state index contributed by atoms with van der Waals surface area (Å²) in [7, 11) is 0. The van der Waals surface area contributed by atoms with Crippen LogP contribution in [0.5, 0.6) is 0 Å². The normalized spacial score (nSPS) is 18.6. The van der Waals surface area contributed by atoms with Crippen molar-refractivity contribution in [3.8, 4) is 0 Å². The van der Waals surface area contributed by atoms with Crippen LogP contribution in [0.3, 0.4) is 0 Å². The Bertz CT molecular complexity index is 947. The molecule has 0 bridgehead atoms. The summed E-state index contributed by atoms with van der Waals surface area (Å²) in [5.74, 6) is 0.285. The number of fused-ring (bicyclic) bond motifs is 2. The van der Waals surface area contributed by atoms with E-state index in [1.54, 1.807) is 0 Å². The molecule has 150 valence electrons. The zero-order valence-electron chi connectivity index (χ0n) is 16.8. The van der Waals surface area contributed by atoms with Gasteiger partial charge in [0, 0.05) is 44.0 Å². The number of hydrogen-bond acceptors (Lipinski definition) is 3. The van der Waals surface area contributed by atoms with Crippen molar-refractivity contribution in [1.29, 1.82) is 0 Å². The van der Waals surface area contributed by atoms with Crippen molar-refractivity contribution in [1.82, 2.24) is 9.80 Å². The number of amides is 2. The van der Waals surface area contributed by atoms with E-state index in [0.29, 0.717) is 19.6 Å². The molecule has 2 amide bonds. The van der Waals surface area contributed by atoms with Crippen LogP contribution >= 0.6 is 0 Å². The monoisotopic (exact) mass is 389 g/mol. The topological polar surface area (TPSA) is 43.9 Å². The molecule has 0 aromatic heterocycles. The highest BCUT2D eigenvalue weighted by atomic mass is 16.2. The first kappa shape index (κ1) is 18.4. The Kier molecular flexibility index (Phi) is 4.84. The van der Waals surface area contributed by atoms with Crippen LogP contribution in [-0.4, -0.2) is 60.9 Å². The summed E-state index contributed by atoms with van der Waals surface area (Å²) in [6.07, 6.45) is 4.36. The van der Waals surface area contributed by atoms with E-state index in [4.69, 9.17) is 0 Å². The second-order valence-corrected chi connectivity index (χ2v) is 8.33. The maximum atomic E-state index is 12.9. The molecule has 0 radical (unpaired) electrons. The molecule has 0 atom stereocenters. The Morgan fingerprint density at radius 1 is 0.793 bits per heavy atom. The molecule has 5 nitrogen and oxygen atoms in total. The molecule has 0 unspecified atom stereocenters. The van der Waals surface area contributed by atoms with Crippen molar-refractivity contribution >= 4 is 17.5 Å². The second-order valence-electron chi connectivity index (χ2n) is 8.33. The van der Waals surface area contributed by atoms with E-state index >= 15 is 0 Å². The first-order chi connectivity index (χ1) is 14.2. The summed E-state index contributed by atoms with van der Waals surface area (Å²) in [6, 6.07) is 14.4. The number of piperazine rings is 1. The highest BCUT2D eigenvalue weighted by molar-refractivity contribution is 5.97. The Morgan fingerprint density at radius 3 is 2.45 bits per heavy atom. The van der Waals surface area contributed by atoms with Gasteiger partial charge in [-0.3, -0.25) is 14.5 Å². The molecule has 2 heterocycles. The van der Waals surface area contributed by atoms with Crippen molar-refractivity contribution in [2.75, 3.05) is 44.2 Å². The minimum absolute atomic E-state index is 0.124.